The predicted octanol–water partition coefficient (Wildman–Crippen LogP) is 3.69. The molecule has 0 saturated carbocycles. The summed E-state index contributed by atoms with van der Waals surface area (Å²) >= 11 is 1.89. The van der Waals surface area contributed by atoms with Crippen LogP contribution in [0.3, 0.4) is 0 Å². The van der Waals surface area contributed by atoms with E-state index >= 15 is 0 Å². The molecule has 0 amide bonds. The fraction of sp³-hybridized carbons (Fsp3) is 0. The highest BCUT2D eigenvalue weighted by Crippen LogP contribution is 2.26. The van der Waals surface area contributed by atoms with Crippen LogP contribution >= 0.6 is 22.6 Å². The zero-order chi connectivity index (χ0) is 15.4. The van der Waals surface area contributed by atoms with E-state index in [0.717, 1.165) is 0 Å². The molecule has 0 fully saturated rings. The molecule has 0 unspecified atom stereocenters. The molecule has 0 spiro atoms. The fourth-order valence-corrected chi connectivity index (χ4v) is 2.42. The van der Waals surface area contributed by atoms with Gasteiger partial charge in [0.05, 0.1) is 19.6 Å². The van der Waals surface area contributed by atoms with Crippen molar-refractivity contribution in [3.8, 4) is 12.1 Å². The van der Waals surface area contributed by atoms with E-state index in [9.17, 15) is 10.1 Å². The Morgan fingerprint density at radius 3 is 2.24 bits per heavy atom. The van der Waals surface area contributed by atoms with Crippen LogP contribution in [0.5, 0.6) is 0 Å². The fourth-order valence-electron chi connectivity index (χ4n) is 1.71. The molecule has 0 aliphatic carbocycles. The minimum absolute atomic E-state index is 0.0405. The third kappa shape index (κ3) is 3.27. The molecule has 0 aromatic heterocycles. The lowest BCUT2D eigenvalue weighted by molar-refractivity contribution is -0.385. The number of nitro groups is 1. The number of nitro benzene ring substituents is 1. The van der Waals surface area contributed by atoms with Crippen molar-refractivity contribution in [2.45, 2.75) is 0 Å². The van der Waals surface area contributed by atoms with Gasteiger partial charge < -0.3 is 5.32 Å². The number of rotatable bonds is 3. The van der Waals surface area contributed by atoms with Crippen molar-refractivity contribution in [3.63, 3.8) is 0 Å². The van der Waals surface area contributed by atoms with Crippen LogP contribution in [-0.2, 0) is 0 Å². The number of hydrogen-bond donors (Lipinski definition) is 1. The molecule has 0 atom stereocenters. The predicted molar refractivity (Wildman–Crippen MR) is 85.0 cm³/mol. The third-order valence-electron chi connectivity index (χ3n) is 2.69. The van der Waals surface area contributed by atoms with Gasteiger partial charge in [0, 0.05) is 17.4 Å². The van der Waals surface area contributed by atoms with Crippen molar-refractivity contribution in [2.24, 2.45) is 0 Å². The highest BCUT2D eigenvalue weighted by Gasteiger charge is 2.11. The van der Waals surface area contributed by atoms with Gasteiger partial charge in [0.15, 0.2) is 0 Å². The molecular weight excluding hydrogens is 383 g/mol. The van der Waals surface area contributed by atoms with E-state index in [4.69, 9.17) is 10.5 Å². The number of nitrogens with one attached hydrogen (secondary N) is 1. The van der Waals surface area contributed by atoms with Gasteiger partial charge in [-0.2, -0.15) is 10.5 Å². The lowest BCUT2D eigenvalue weighted by Gasteiger charge is -2.08. The maximum absolute atomic E-state index is 10.8. The second kappa shape index (κ2) is 6.20. The normalized spacial score (nSPS) is 9.48. The van der Waals surface area contributed by atoms with Crippen molar-refractivity contribution >= 4 is 39.7 Å². The van der Waals surface area contributed by atoms with Crippen LogP contribution in [0.2, 0.25) is 0 Å². The Kier molecular flexibility index (Phi) is 4.36. The van der Waals surface area contributed by atoms with Crippen LogP contribution in [0.15, 0.2) is 36.4 Å². The van der Waals surface area contributed by atoms with Crippen molar-refractivity contribution in [1.29, 1.82) is 10.5 Å². The monoisotopic (exact) mass is 390 g/mol. The number of nitrogens with zero attached hydrogens (tertiary/aromatic N) is 3. The Hall–Kier alpha value is -2.65. The molecule has 2 rings (SSSR count). The molecule has 0 aliphatic rings. The topological polar surface area (TPSA) is 103 Å². The maximum atomic E-state index is 10.8. The van der Waals surface area contributed by atoms with Gasteiger partial charge in [-0.05, 0) is 52.9 Å². The number of anilines is 2. The van der Waals surface area contributed by atoms with Crippen LogP contribution in [0.1, 0.15) is 11.1 Å². The molecule has 7 heteroatoms. The summed E-state index contributed by atoms with van der Waals surface area (Å²) in [6.45, 7) is 0. The van der Waals surface area contributed by atoms with Crippen molar-refractivity contribution < 1.29 is 4.92 Å². The summed E-state index contributed by atoms with van der Waals surface area (Å²) in [5, 5.41) is 31.6. The first-order valence-electron chi connectivity index (χ1n) is 5.70. The van der Waals surface area contributed by atoms with Crippen molar-refractivity contribution in [3.05, 3.63) is 61.2 Å². The van der Waals surface area contributed by atoms with Gasteiger partial charge in [0.25, 0.3) is 5.69 Å². The lowest BCUT2D eigenvalue weighted by atomic mass is 10.1. The second-order valence-electron chi connectivity index (χ2n) is 4.03. The molecule has 1 N–H and O–H groups in total. The van der Waals surface area contributed by atoms with Gasteiger partial charge in [-0.3, -0.25) is 10.1 Å². The minimum atomic E-state index is -0.443. The van der Waals surface area contributed by atoms with Crippen molar-refractivity contribution in [1.82, 2.24) is 0 Å². The van der Waals surface area contributed by atoms with Crippen LogP contribution in [0.25, 0.3) is 0 Å². The summed E-state index contributed by atoms with van der Waals surface area (Å²) in [5.41, 5.74) is 1.92. The Morgan fingerprint density at radius 2 is 1.67 bits per heavy atom. The van der Waals surface area contributed by atoms with E-state index < -0.39 is 4.92 Å². The van der Waals surface area contributed by atoms with Gasteiger partial charge >= 0.3 is 0 Å². The molecular formula is C14H7IN4O2. The largest absolute Gasteiger partial charge is 0.355 e. The number of halogens is 1. The Labute approximate surface area is 133 Å². The standard InChI is InChI=1S/C14H7IN4O2/c15-13-6-12(3-4-14(13)19(20)21)18-11-2-1-9(7-16)10(5-11)8-17/h1-6,18H. The second-order valence-corrected chi connectivity index (χ2v) is 5.19. The lowest BCUT2D eigenvalue weighted by Crippen LogP contribution is -1.96. The van der Waals surface area contributed by atoms with E-state index in [1.807, 2.05) is 34.7 Å². The molecule has 21 heavy (non-hydrogen) atoms. The Morgan fingerprint density at radius 1 is 1.05 bits per heavy atom. The first kappa shape index (κ1) is 14.8. The summed E-state index contributed by atoms with van der Waals surface area (Å²) < 4.78 is 0.511. The highest BCUT2D eigenvalue weighted by molar-refractivity contribution is 14.1. The minimum Gasteiger partial charge on any atom is -0.355 e. The molecule has 6 nitrogen and oxygen atoms in total. The summed E-state index contributed by atoms with van der Waals surface area (Å²) in [6, 6.07) is 13.3. The molecule has 2 aromatic rings. The zero-order valence-corrected chi connectivity index (χ0v) is 12.7. The molecule has 0 radical (unpaired) electrons. The number of benzene rings is 2. The quantitative estimate of drug-likeness (QED) is 0.489. The third-order valence-corrected chi connectivity index (χ3v) is 3.56. The van der Waals surface area contributed by atoms with Gasteiger partial charge in [0.1, 0.15) is 12.1 Å². The zero-order valence-electron chi connectivity index (χ0n) is 10.5. The molecule has 0 saturated heterocycles. The summed E-state index contributed by atoms with van der Waals surface area (Å²) in [4.78, 5) is 10.3. The van der Waals surface area contributed by atoms with E-state index in [2.05, 4.69) is 5.32 Å². The van der Waals surface area contributed by atoms with Crippen LogP contribution in [-0.4, -0.2) is 4.92 Å². The summed E-state index contributed by atoms with van der Waals surface area (Å²) in [5.74, 6) is 0. The van der Waals surface area contributed by atoms with Gasteiger partial charge in [-0.25, -0.2) is 0 Å². The van der Waals surface area contributed by atoms with E-state index in [-0.39, 0.29) is 11.3 Å². The summed E-state index contributed by atoms with van der Waals surface area (Å²) in [7, 11) is 0. The van der Waals surface area contributed by atoms with Gasteiger partial charge in [0.2, 0.25) is 0 Å². The van der Waals surface area contributed by atoms with Crippen LogP contribution in [0.4, 0.5) is 17.1 Å². The summed E-state index contributed by atoms with van der Waals surface area (Å²) in [6.07, 6.45) is 0. The molecule has 2 aromatic carbocycles. The number of hydrogen-bond acceptors (Lipinski definition) is 5. The number of nitriles is 2. The molecule has 102 valence electrons. The Bertz CT molecular complexity index is 806. The molecule has 0 aliphatic heterocycles. The first-order chi connectivity index (χ1) is 10.0. The van der Waals surface area contributed by atoms with E-state index in [1.165, 1.54) is 6.07 Å². The maximum Gasteiger partial charge on any atom is 0.282 e. The van der Waals surface area contributed by atoms with Crippen LogP contribution in [0, 0.1) is 36.3 Å². The highest BCUT2D eigenvalue weighted by atomic mass is 127. The van der Waals surface area contributed by atoms with Crippen LogP contribution < -0.4 is 5.32 Å². The molecule has 0 bridgehead atoms. The van der Waals surface area contributed by atoms with E-state index in [1.54, 1.807) is 30.3 Å². The smallest absolute Gasteiger partial charge is 0.282 e. The van der Waals surface area contributed by atoms with Gasteiger partial charge in [-0.15, -0.1) is 0 Å². The average Bonchev–Trinajstić information content (AvgIpc) is 2.46. The van der Waals surface area contributed by atoms with Crippen molar-refractivity contribution in [2.75, 3.05) is 5.32 Å². The van der Waals surface area contributed by atoms with E-state index in [0.29, 0.717) is 20.5 Å². The SMILES string of the molecule is N#Cc1ccc(Nc2ccc([N+](=O)[O-])c(I)c2)cc1C#N. The van der Waals surface area contributed by atoms with Gasteiger partial charge in [-0.1, -0.05) is 0 Å². The first-order valence-corrected chi connectivity index (χ1v) is 6.78. The Balaban J connectivity index is 2.31. The molecule has 0 heterocycles. The average molecular weight is 390 g/mol.